The highest BCUT2D eigenvalue weighted by Gasteiger charge is 2.21. The number of halogens is 1. The maximum absolute atomic E-state index is 10.9. The number of ether oxygens (including phenoxy) is 1. The predicted octanol–water partition coefficient (Wildman–Crippen LogP) is 2.61. The van der Waals surface area contributed by atoms with Crippen molar-refractivity contribution in [3.05, 3.63) is 22.8 Å². The lowest BCUT2D eigenvalue weighted by molar-refractivity contribution is 0.0691. The Morgan fingerprint density at radius 1 is 1.56 bits per heavy atom. The van der Waals surface area contributed by atoms with E-state index in [1.54, 1.807) is 0 Å². The van der Waals surface area contributed by atoms with Crippen molar-refractivity contribution in [2.75, 3.05) is 6.61 Å². The number of hydrogen-bond donors (Lipinski definition) is 1. The molecule has 1 aromatic heterocycles. The van der Waals surface area contributed by atoms with Gasteiger partial charge in [-0.25, -0.2) is 9.78 Å². The fraction of sp³-hybridized carbons (Fsp3) is 0.455. The highest BCUT2D eigenvalue weighted by Crippen LogP contribution is 2.32. The van der Waals surface area contributed by atoms with Crippen molar-refractivity contribution in [2.45, 2.75) is 19.3 Å². The molecule has 1 aliphatic carbocycles. The van der Waals surface area contributed by atoms with Gasteiger partial charge in [0.05, 0.1) is 6.61 Å². The standard InChI is InChI=1S/C11H12ClNO3/c12-9-4-3-8(11(14)15)10(13-9)16-6-5-7-1-2-7/h3-4,7H,1-2,5-6H2,(H,14,15). The smallest absolute Gasteiger partial charge is 0.341 e. The molecular formula is C11H12ClNO3. The SMILES string of the molecule is O=C(O)c1ccc(Cl)nc1OCCC1CC1. The van der Waals surface area contributed by atoms with Gasteiger partial charge in [0, 0.05) is 0 Å². The highest BCUT2D eigenvalue weighted by atomic mass is 35.5. The highest BCUT2D eigenvalue weighted by molar-refractivity contribution is 6.29. The lowest BCUT2D eigenvalue weighted by Gasteiger charge is -2.07. The van der Waals surface area contributed by atoms with E-state index < -0.39 is 5.97 Å². The van der Waals surface area contributed by atoms with Gasteiger partial charge in [0.15, 0.2) is 0 Å². The average Bonchev–Trinajstić information content (AvgIpc) is 3.01. The second-order valence-electron chi connectivity index (χ2n) is 3.87. The summed E-state index contributed by atoms with van der Waals surface area (Å²) < 4.78 is 5.35. The summed E-state index contributed by atoms with van der Waals surface area (Å²) in [6.45, 7) is 0.498. The van der Waals surface area contributed by atoms with Crippen molar-refractivity contribution in [1.82, 2.24) is 4.98 Å². The molecule has 1 aromatic rings. The maximum Gasteiger partial charge on any atom is 0.341 e. The Bertz CT molecular complexity index is 404. The van der Waals surface area contributed by atoms with E-state index in [1.165, 1.54) is 25.0 Å². The molecule has 0 aliphatic heterocycles. The van der Waals surface area contributed by atoms with E-state index in [0.29, 0.717) is 6.61 Å². The minimum absolute atomic E-state index is 0.0557. The third-order valence-corrected chi connectivity index (χ3v) is 2.73. The topological polar surface area (TPSA) is 59.4 Å². The molecule has 1 aliphatic rings. The van der Waals surface area contributed by atoms with Crippen molar-refractivity contribution >= 4 is 17.6 Å². The third-order valence-electron chi connectivity index (χ3n) is 2.52. The van der Waals surface area contributed by atoms with E-state index in [1.807, 2.05) is 0 Å². The molecule has 1 N–H and O–H groups in total. The second kappa shape index (κ2) is 4.70. The van der Waals surface area contributed by atoms with E-state index in [-0.39, 0.29) is 16.6 Å². The molecule has 1 heterocycles. The molecule has 0 amide bonds. The number of rotatable bonds is 5. The third kappa shape index (κ3) is 2.85. The van der Waals surface area contributed by atoms with Crippen LogP contribution in [-0.2, 0) is 0 Å². The summed E-state index contributed by atoms with van der Waals surface area (Å²) in [5.74, 6) is -0.196. The van der Waals surface area contributed by atoms with Crippen LogP contribution >= 0.6 is 11.6 Å². The summed E-state index contributed by atoms with van der Waals surface area (Å²) in [6, 6.07) is 2.85. The number of aromatic carboxylic acids is 1. The van der Waals surface area contributed by atoms with Crippen LogP contribution in [0, 0.1) is 5.92 Å². The van der Waals surface area contributed by atoms with Crippen molar-refractivity contribution in [1.29, 1.82) is 0 Å². The molecule has 0 unspecified atom stereocenters. The summed E-state index contributed by atoms with van der Waals surface area (Å²) in [4.78, 5) is 14.8. The molecule has 0 spiro atoms. The first kappa shape index (κ1) is 11.2. The summed E-state index contributed by atoms with van der Waals surface area (Å²) in [5, 5.41) is 9.16. The number of carboxylic acids is 1. The predicted molar refractivity (Wildman–Crippen MR) is 59.0 cm³/mol. The molecule has 0 atom stereocenters. The first-order valence-corrected chi connectivity index (χ1v) is 5.57. The van der Waals surface area contributed by atoms with E-state index in [2.05, 4.69) is 4.98 Å². The molecule has 1 fully saturated rings. The zero-order valence-electron chi connectivity index (χ0n) is 8.65. The molecule has 0 aromatic carbocycles. The Kier molecular flexibility index (Phi) is 3.29. The maximum atomic E-state index is 10.9. The quantitative estimate of drug-likeness (QED) is 0.805. The fourth-order valence-corrected chi connectivity index (χ4v) is 1.56. The Balaban J connectivity index is 2.03. The van der Waals surface area contributed by atoms with Gasteiger partial charge in [0.2, 0.25) is 5.88 Å². The van der Waals surface area contributed by atoms with Crippen LogP contribution in [0.4, 0.5) is 0 Å². The van der Waals surface area contributed by atoms with E-state index in [0.717, 1.165) is 12.3 Å². The van der Waals surface area contributed by atoms with Gasteiger partial charge in [-0.15, -0.1) is 0 Å². The number of pyridine rings is 1. The molecule has 0 bridgehead atoms. The van der Waals surface area contributed by atoms with Gasteiger partial charge in [0.25, 0.3) is 0 Å². The Morgan fingerprint density at radius 2 is 2.31 bits per heavy atom. The number of aromatic nitrogens is 1. The molecule has 0 radical (unpaired) electrons. The van der Waals surface area contributed by atoms with E-state index in [9.17, 15) is 4.79 Å². The van der Waals surface area contributed by atoms with Crippen molar-refractivity contribution in [3.63, 3.8) is 0 Å². The summed E-state index contributed by atoms with van der Waals surface area (Å²) >= 11 is 5.69. The van der Waals surface area contributed by atoms with Crippen LogP contribution in [0.15, 0.2) is 12.1 Å². The molecule has 0 saturated heterocycles. The number of carbonyl (C=O) groups is 1. The fourth-order valence-electron chi connectivity index (χ4n) is 1.42. The summed E-state index contributed by atoms with van der Waals surface area (Å²) in [6.07, 6.45) is 3.45. The zero-order valence-corrected chi connectivity index (χ0v) is 9.41. The van der Waals surface area contributed by atoms with Gasteiger partial charge in [-0.1, -0.05) is 24.4 Å². The number of hydrogen-bond acceptors (Lipinski definition) is 3. The number of nitrogens with zero attached hydrogens (tertiary/aromatic N) is 1. The normalized spacial score (nSPS) is 14.8. The van der Waals surface area contributed by atoms with Gasteiger partial charge >= 0.3 is 5.97 Å². The Morgan fingerprint density at radius 3 is 2.94 bits per heavy atom. The van der Waals surface area contributed by atoms with Gasteiger partial charge < -0.3 is 9.84 Å². The van der Waals surface area contributed by atoms with Crippen LogP contribution in [0.25, 0.3) is 0 Å². The summed E-state index contributed by atoms with van der Waals surface area (Å²) in [5.41, 5.74) is 0.0557. The van der Waals surface area contributed by atoms with Crippen LogP contribution < -0.4 is 4.74 Å². The van der Waals surface area contributed by atoms with Crippen LogP contribution in [0.3, 0.4) is 0 Å². The lowest BCUT2D eigenvalue weighted by atomic mass is 10.3. The number of carboxylic acid groups (broad SMARTS) is 1. The van der Waals surface area contributed by atoms with Crippen LogP contribution in [0.5, 0.6) is 5.88 Å². The largest absolute Gasteiger partial charge is 0.477 e. The first-order chi connectivity index (χ1) is 7.66. The van der Waals surface area contributed by atoms with E-state index >= 15 is 0 Å². The van der Waals surface area contributed by atoms with Crippen molar-refractivity contribution in [3.8, 4) is 5.88 Å². The first-order valence-electron chi connectivity index (χ1n) is 5.19. The van der Waals surface area contributed by atoms with Crippen molar-refractivity contribution in [2.24, 2.45) is 5.92 Å². The average molecular weight is 242 g/mol. The van der Waals surface area contributed by atoms with Crippen molar-refractivity contribution < 1.29 is 14.6 Å². The monoisotopic (exact) mass is 241 g/mol. The van der Waals surface area contributed by atoms with Gasteiger partial charge in [-0.2, -0.15) is 0 Å². The summed E-state index contributed by atoms with van der Waals surface area (Å²) in [7, 11) is 0. The molecule has 86 valence electrons. The molecular weight excluding hydrogens is 230 g/mol. The molecule has 16 heavy (non-hydrogen) atoms. The van der Waals surface area contributed by atoms with Crippen LogP contribution in [0.2, 0.25) is 5.15 Å². The molecule has 4 nitrogen and oxygen atoms in total. The Hall–Kier alpha value is -1.29. The van der Waals surface area contributed by atoms with Crippen LogP contribution in [0.1, 0.15) is 29.6 Å². The molecule has 1 saturated carbocycles. The second-order valence-corrected chi connectivity index (χ2v) is 4.26. The minimum atomic E-state index is -1.05. The minimum Gasteiger partial charge on any atom is -0.477 e. The van der Waals surface area contributed by atoms with Gasteiger partial charge in [-0.3, -0.25) is 0 Å². The van der Waals surface area contributed by atoms with Gasteiger partial charge in [0.1, 0.15) is 10.7 Å². The van der Waals surface area contributed by atoms with Gasteiger partial charge in [-0.05, 0) is 24.5 Å². The lowest BCUT2D eigenvalue weighted by Crippen LogP contribution is -2.06. The Labute approximate surface area is 98.2 Å². The molecule has 2 rings (SSSR count). The molecule has 5 heteroatoms. The van der Waals surface area contributed by atoms with E-state index in [4.69, 9.17) is 21.4 Å². The zero-order chi connectivity index (χ0) is 11.5. The van der Waals surface area contributed by atoms with Crippen LogP contribution in [-0.4, -0.2) is 22.7 Å².